The molecule has 1 saturated heterocycles. The topological polar surface area (TPSA) is 55.8 Å². The van der Waals surface area contributed by atoms with E-state index in [1.807, 2.05) is 6.92 Å². The zero-order chi connectivity index (χ0) is 14.9. The summed E-state index contributed by atoms with van der Waals surface area (Å²) in [6.07, 6.45) is 3.74. The highest BCUT2D eigenvalue weighted by molar-refractivity contribution is 7.89. The summed E-state index contributed by atoms with van der Waals surface area (Å²) < 4.78 is 38.3. The van der Waals surface area contributed by atoms with Crippen molar-refractivity contribution in [3.05, 3.63) is 18.2 Å². The minimum atomic E-state index is -3.46. The number of hydrogen-bond donors (Lipinski definition) is 0. The molecule has 1 unspecified atom stereocenters. The van der Waals surface area contributed by atoms with E-state index < -0.39 is 10.0 Å². The van der Waals surface area contributed by atoms with Crippen molar-refractivity contribution in [2.45, 2.75) is 43.5 Å². The lowest BCUT2D eigenvalue weighted by molar-refractivity contribution is 0.268. The Morgan fingerprint density at radius 1 is 1.10 bits per heavy atom. The maximum atomic E-state index is 12.8. The molecule has 2 aliphatic rings. The van der Waals surface area contributed by atoms with Crippen molar-refractivity contribution in [1.29, 1.82) is 0 Å². The van der Waals surface area contributed by atoms with Gasteiger partial charge >= 0.3 is 0 Å². The second-order valence-corrected chi connectivity index (χ2v) is 7.51. The Morgan fingerprint density at radius 2 is 1.86 bits per heavy atom. The summed E-state index contributed by atoms with van der Waals surface area (Å²) in [7, 11) is -3.46. The predicted octanol–water partition coefficient (Wildman–Crippen LogP) is 2.41. The summed E-state index contributed by atoms with van der Waals surface area (Å²) in [5.41, 5.74) is 0. The first-order chi connectivity index (χ1) is 10.1. The van der Waals surface area contributed by atoms with Crippen LogP contribution in [-0.4, -0.2) is 38.5 Å². The fourth-order valence-electron chi connectivity index (χ4n) is 2.87. The first-order valence-electron chi connectivity index (χ1n) is 7.50. The molecule has 0 spiro atoms. The van der Waals surface area contributed by atoms with Crippen molar-refractivity contribution >= 4 is 10.0 Å². The van der Waals surface area contributed by atoms with Crippen molar-refractivity contribution < 1.29 is 17.9 Å². The molecule has 0 bridgehead atoms. The standard InChI is InChI=1S/C15H21NO4S/c1-12-5-2-3-8-16(12)21(17,18)13-6-7-14-15(11-13)20-10-4-9-19-14/h6-7,11-12H,2-5,8-10H2,1H3. The highest BCUT2D eigenvalue weighted by Crippen LogP contribution is 2.34. The summed E-state index contributed by atoms with van der Waals surface area (Å²) in [4.78, 5) is 0.292. The quantitative estimate of drug-likeness (QED) is 0.841. The summed E-state index contributed by atoms with van der Waals surface area (Å²) in [5, 5.41) is 0. The molecular weight excluding hydrogens is 290 g/mol. The van der Waals surface area contributed by atoms with Gasteiger partial charge in [-0.3, -0.25) is 0 Å². The molecule has 6 heteroatoms. The van der Waals surface area contributed by atoms with Crippen LogP contribution in [0.4, 0.5) is 0 Å². The minimum absolute atomic E-state index is 0.0553. The number of ether oxygens (including phenoxy) is 2. The van der Waals surface area contributed by atoms with E-state index >= 15 is 0 Å². The average Bonchev–Trinajstić information content (AvgIpc) is 2.72. The first kappa shape index (κ1) is 14.7. The van der Waals surface area contributed by atoms with Gasteiger partial charge in [-0.1, -0.05) is 6.42 Å². The average molecular weight is 311 g/mol. The largest absolute Gasteiger partial charge is 0.490 e. The summed E-state index contributed by atoms with van der Waals surface area (Å²) in [6, 6.07) is 4.96. The number of piperidine rings is 1. The Bertz CT molecular complexity index is 614. The van der Waals surface area contributed by atoms with Gasteiger partial charge in [0.25, 0.3) is 0 Å². The third kappa shape index (κ3) is 2.87. The number of hydrogen-bond acceptors (Lipinski definition) is 4. The van der Waals surface area contributed by atoms with E-state index in [0.717, 1.165) is 25.7 Å². The summed E-state index contributed by atoms with van der Waals surface area (Å²) >= 11 is 0. The molecule has 3 rings (SSSR count). The van der Waals surface area contributed by atoms with Crippen LogP contribution in [0.5, 0.6) is 11.5 Å². The molecule has 1 aromatic carbocycles. The van der Waals surface area contributed by atoms with Crippen LogP contribution in [0.25, 0.3) is 0 Å². The van der Waals surface area contributed by atoms with E-state index in [1.54, 1.807) is 22.5 Å². The maximum absolute atomic E-state index is 12.8. The molecule has 0 aromatic heterocycles. The SMILES string of the molecule is CC1CCCCN1S(=O)(=O)c1ccc2c(c1)OCCCO2. The molecule has 0 aliphatic carbocycles. The molecule has 0 amide bonds. The lowest BCUT2D eigenvalue weighted by atomic mass is 10.1. The molecule has 1 atom stereocenters. The van der Waals surface area contributed by atoms with Gasteiger partial charge < -0.3 is 9.47 Å². The zero-order valence-corrected chi connectivity index (χ0v) is 13.1. The van der Waals surface area contributed by atoms with E-state index in [-0.39, 0.29) is 6.04 Å². The molecule has 0 N–H and O–H groups in total. The van der Waals surface area contributed by atoms with E-state index in [9.17, 15) is 8.42 Å². The molecule has 21 heavy (non-hydrogen) atoms. The van der Waals surface area contributed by atoms with Crippen LogP contribution in [0.2, 0.25) is 0 Å². The highest BCUT2D eigenvalue weighted by atomic mass is 32.2. The number of rotatable bonds is 2. The Hall–Kier alpha value is -1.27. The molecule has 1 fully saturated rings. The molecule has 2 heterocycles. The van der Waals surface area contributed by atoms with Gasteiger partial charge in [-0.05, 0) is 31.9 Å². The third-order valence-electron chi connectivity index (χ3n) is 4.07. The molecule has 5 nitrogen and oxygen atoms in total. The number of benzene rings is 1. The van der Waals surface area contributed by atoms with Gasteiger partial charge in [0.15, 0.2) is 11.5 Å². The highest BCUT2D eigenvalue weighted by Gasteiger charge is 2.31. The second kappa shape index (κ2) is 5.85. The Kier molecular flexibility index (Phi) is 4.08. The van der Waals surface area contributed by atoms with Gasteiger partial charge in [-0.15, -0.1) is 0 Å². The first-order valence-corrected chi connectivity index (χ1v) is 8.94. The molecule has 0 radical (unpaired) electrons. The lowest BCUT2D eigenvalue weighted by Gasteiger charge is -2.32. The van der Waals surface area contributed by atoms with Crippen molar-refractivity contribution in [2.75, 3.05) is 19.8 Å². The van der Waals surface area contributed by atoms with Crippen LogP contribution in [0, 0.1) is 0 Å². The van der Waals surface area contributed by atoms with Crippen LogP contribution >= 0.6 is 0 Å². The zero-order valence-electron chi connectivity index (χ0n) is 12.2. The van der Waals surface area contributed by atoms with Crippen molar-refractivity contribution in [3.8, 4) is 11.5 Å². The van der Waals surface area contributed by atoms with E-state index in [0.29, 0.717) is 36.2 Å². The molecule has 116 valence electrons. The van der Waals surface area contributed by atoms with Gasteiger partial charge in [0.2, 0.25) is 10.0 Å². The fraction of sp³-hybridized carbons (Fsp3) is 0.600. The normalized spacial score (nSPS) is 23.6. The molecule has 0 saturated carbocycles. The summed E-state index contributed by atoms with van der Waals surface area (Å²) in [5.74, 6) is 1.15. The Labute approximate surface area is 125 Å². The number of fused-ring (bicyclic) bond motifs is 1. The lowest BCUT2D eigenvalue weighted by Crippen LogP contribution is -2.41. The fourth-order valence-corrected chi connectivity index (χ4v) is 4.58. The van der Waals surface area contributed by atoms with Crippen molar-refractivity contribution in [3.63, 3.8) is 0 Å². The molecular formula is C15H21NO4S. The van der Waals surface area contributed by atoms with Crippen LogP contribution in [0.15, 0.2) is 23.1 Å². The van der Waals surface area contributed by atoms with Crippen LogP contribution in [-0.2, 0) is 10.0 Å². The monoisotopic (exact) mass is 311 g/mol. The van der Waals surface area contributed by atoms with E-state index in [1.165, 1.54) is 0 Å². The molecule has 1 aromatic rings. The Morgan fingerprint density at radius 3 is 2.62 bits per heavy atom. The maximum Gasteiger partial charge on any atom is 0.243 e. The van der Waals surface area contributed by atoms with E-state index in [4.69, 9.17) is 9.47 Å². The van der Waals surface area contributed by atoms with Crippen LogP contribution < -0.4 is 9.47 Å². The van der Waals surface area contributed by atoms with Gasteiger partial charge in [0.1, 0.15) is 0 Å². The van der Waals surface area contributed by atoms with Crippen LogP contribution in [0.1, 0.15) is 32.6 Å². The smallest absolute Gasteiger partial charge is 0.243 e. The van der Waals surface area contributed by atoms with Gasteiger partial charge in [0.05, 0.1) is 18.1 Å². The second-order valence-electron chi connectivity index (χ2n) is 5.62. The predicted molar refractivity (Wildman–Crippen MR) is 79.3 cm³/mol. The van der Waals surface area contributed by atoms with Gasteiger partial charge in [-0.2, -0.15) is 4.31 Å². The van der Waals surface area contributed by atoms with Crippen molar-refractivity contribution in [1.82, 2.24) is 4.31 Å². The third-order valence-corrected chi connectivity index (χ3v) is 6.08. The van der Waals surface area contributed by atoms with E-state index in [2.05, 4.69) is 0 Å². The molecule has 2 aliphatic heterocycles. The Balaban J connectivity index is 1.93. The van der Waals surface area contributed by atoms with Gasteiger partial charge in [-0.25, -0.2) is 8.42 Å². The number of sulfonamides is 1. The van der Waals surface area contributed by atoms with Crippen LogP contribution in [0.3, 0.4) is 0 Å². The number of nitrogens with zero attached hydrogens (tertiary/aromatic N) is 1. The van der Waals surface area contributed by atoms with Gasteiger partial charge in [0, 0.05) is 25.1 Å². The van der Waals surface area contributed by atoms with Crippen molar-refractivity contribution in [2.24, 2.45) is 0 Å². The minimum Gasteiger partial charge on any atom is -0.490 e. The summed E-state index contributed by atoms with van der Waals surface area (Å²) in [6.45, 7) is 3.72.